The first kappa shape index (κ1) is 22.2. The molecule has 2 heterocycles. The van der Waals surface area contributed by atoms with Crippen LogP contribution in [0.1, 0.15) is 83.7 Å². The monoisotopic (exact) mass is 426 g/mol. The maximum Gasteiger partial charge on any atom is 0.407 e. The minimum absolute atomic E-state index is 0.257. The Balaban J connectivity index is 1.27. The maximum absolute atomic E-state index is 12.0. The van der Waals surface area contributed by atoms with E-state index >= 15 is 0 Å². The Kier molecular flexibility index (Phi) is 6.90. The lowest BCUT2D eigenvalue weighted by Crippen LogP contribution is -2.41. The highest BCUT2D eigenvalue weighted by Crippen LogP contribution is 2.39. The van der Waals surface area contributed by atoms with Crippen molar-refractivity contribution < 1.29 is 13.9 Å². The molecule has 0 spiro atoms. The summed E-state index contributed by atoms with van der Waals surface area (Å²) in [6, 6.07) is 9.29. The Bertz CT molecular complexity index is 816. The third-order valence-corrected chi connectivity index (χ3v) is 6.89. The molecule has 0 aromatic rings. The number of hydrogen-bond acceptors (Lipinski definition) is 4. The predicted molar refractivity (Wildman–Crippen MR) is 123 cm³/mol. The molecule has 5 heteroatoms. The van der Waals surface area contributed by atoms with Crippen LogP contribution in [0.5, 0.6) is 0 Å². The van der Waals surface area contributed by atoms with E-state index in [2.05, 4.69) is 34.5 Å². The van der Waals surface area contributed by atoms with E-state index in [9.17, 15) is 4.79 Å². The fourth-order valence-corrected chi connectivity index (χ4v) is 5.33. The molecule has 1 saturated carbocycles. The smallest absolute Gasteiger partial charge is 0.407 e. The number of carbonyl (C=O) groups excluding carboxylic acids is 1. The average Bonchev–Trinajstić information content (AvgIpc) is 3.21. The summed E-state index contributed by atoms with van der Waals surface area (Å²) in [5, 5.41) is 3.06. The normalized spacial score (nSPS) is 25.5. The summed E-state index contributed by atoms with van der Waals surface area (Å²) in [5.74, 6) is 1.75. The summed E-state index contributed by atoms with van der Waals surface area (Å²) in [5.41, 5.74) is 2.26. The number of alkyl carbamates (subject to hydrolysis) is 1. The van der Waals surface area contributed by atoms with E-state index in [1.54, 1.807) is 0 Å². The molecule has 1 saturated heterocycles. The first-order valence-corrected chi connectivity index (χ1v) is 12.1. The standard InChI is InChI=1S/C26H38N2O3/c1-26(2,3)31-25(29)27-20-12-10-19(11-13-20)14-17-28-16-5-4-8-23(28)21-15-18-30-24-9-6-7-22(21)24/h6-7,9,15,18-20,23H,4-5,8,10-14,16-17H2,1-3H3,(H,27,29). The summed E-state index contributed by atoms with van der Waals surface area (Å²) in [7, 11) is 0. The first-order valence-electron chi connectivity index (χ1n) is 12.1. The molecule has 0 bridgehead atoms. The van der Waals surface area contributed by atoms with Crippen molar-refractivity contribution >= 4 is 6.09 Å². The van der Waals surface area contributed by atoms with Crippen molar-refractivity contribution in [1.29, 1.82) is 0 Å². The summed E-state index contributed by atoms with van der Waals surface area (Å²) in [6.07, 6.45) is 11.1. The van der Waals surface area contributed by atoms with Crippen LogP contribution in [0.25, 0.3) is 11.3 Å². The van der Waals surface area contributed by atoms with Crippen molar-refractivity contribution in [2.75, 3.05) is 13.1 Å². The summed E-state index contributed by atoms with van der Waals surface area (Å²) in [4.78, 5) is 14.7. The van der Waals surface area contributed by atoms with Gasteiger partial charge < -0.3 is 14.5 Å². The molecule has 0 aromatic heterocycles. The van der Waals surface area contributed by atoms with Gasteiger partial charge in [-0.15, -0.1) is 0 Å². The van der Waals surface area contributed by atoms with Crippen LogP contribution in [-0.2, 0) is 4.74 Å². The molecular formula is C26H38N2O3. The lowest BCUT2D eigenvalue weighted by Gasteiger charge is -2.38. The van der Waals surface area contributed by atoms with Crippen molar-refractivity contribution in [3.8, 4) is 11.3 Å². The largest absolute Gasteiger partial charge is 0.464 e. The van der Waals surface area contributed by atoms with Crippen LogP contribution >= 0.6 is 0 Å². The number of rotatable bonds is 5. The fraction of sp³-hybridized carbons (Fsp3) is 0.654. The van der Waals surface area contributed by atoms with Gasteiger partial charge in [-0.2, -0.15) is 0 Å². The number of carbonyl (C=O) groups is 1. The lowest BCUT2D eigenvalue weighted by atomic mass is 9.83. The maximum atomic E-state index is 12.0. The molecule has 2 aliphatic carbocycles. The molecule has 1 unspecified atom stereocenters. The summed E-state index contributed by atoms with van der Waals surface area (Å²) >= 11 is 0. The van der Waals surface area contributed by atoms with Gasteiger partial charge in [0.1, 0.15) is 11.4 Å². The second-order valence-corrected chi connectivity index (χ2v) is 10.4. The molecule has 4 aliphatic rings. The quantitative estimate of drug-likeness (QED) is 0.602. The highest BCUT2D eigenvalue weighted by Gasteiger charge is 2.29. The third kappa shape index (κ3) is 5.82. The van der Waals surface area contributed by atoms with E-state index in [-0.39, 0.29) is 12.1 Å². The zero-order chi connectivity index (χ0) is 21.8. The summed E-state index contributed by atoms with van der Waals surface area (Å²) in [6.45, 7) is 8.07. The number of hydrogen-bond donors (Lipinski definition) is 1. The van der Waals surface area contributed by atoms with Gasteiger partial charge in [0.2, 0.25) is 0 Å². The van der Waals surface area contributed by atoms with Crippen LogP contribution in [0.15, 0.2) is 34.9 Å². The molecule has 1 atom stereocenters. The van der Waals surface area contributed by atoms with Gasteiger partial charge in [0, 0.05) is 17.6 Å². The number of amides is 1. The third-order valence-electron chi connectivity index (χ3n) is 6.89. The summed E-state index contributed by atoms with van der Waals surface area (Å²) < 4.78 is 11.1. The van der Waals surface area contributed by atoms with Crippen molar-refractivity contribution in [1.82, 2.24) is 10.2 Å². The second-order valence-electron chi connectivity index (χ2n) is 10.4. The number of fused-ring (bicyclic) bond motifs is 1. The molecule has 31 heavy (non-hydrogen) atoms. The van der Waals surface area contributed by atoms with Gasteiger partial charge in [-0.25, -0.2) is 4.79 Å². The minimum Gasteiger partial charge on any atom is -0.464 e. The van der Waals surface area contributed by atoms with Crippen molar-refractivity contribution in [2.24, 2.45) is 5.92 Å². The van der Waals surface area contributed by atoms with E-state index in [4.69, 9.17) is 9.15 Å². The zero-order valence-electron chi connectivity index (χ0n) is 19.4. The molecule has 4 rings (SSSR count). The minimum atomic E-state index is -0.437. The van der Waals surface area contributed by atoms with Gasteiger partial charge in [-0.1, -0.05) is 18.6 Å². The van der Waals surface area contributed by atoms with Gasteiger partial charge in [-0.3, -0.25) is 4.90 Å². The molecule has 0 aromatic carbocycles. The zero-order valence-corrected chi connectivity index (χ0v) is 19.4. The van der Waals surface area contributed by atoms with Crippen LogP contribution < -0.4 is 5.32 Å². The van der Waals surface area contributed by atoms with E-state index in [0.717, 1.165) is 31.1 Å². The van der Waals surface area contributed by atoms with E-state index < -0.39 is 5.60 Å². The SMILES string of the molecule is CC(C)(C)OC(=O)NC1CCC(CCN2CCCCC2c2ccoc3cccc2-3)CC1. The molecule has 0 radical (unpaired) electrons. The molecule has 1 amide bonds. The Morgan fingerprint density at radius 3 is 2.71 bits per heavy atom. The molecule has 2 aliphatic heterocycles. The molecule has 2 fully saturated rings. The van der Waals surface area contributed by atoms with Gasteiger partial charge in [0.25, 0.3) is 0 Å². The number of nitrogens with zero attached hydrogens (tertiary/aromatic N) is 1. The highest BCUT2D eigenvalue weighted by molar-refractivity contribution is 5.68. The van der Waals surface area contributed by atoms with Crippen LogP contribution in [-0.4, -0.2) is 35.7 Å². The molecule has 5 nitrogen and oxygen atoms in total. The first-order chi connectivity index (χ1) is 14.9. The van der Waals surface area contributed by atoms with Gasteiger partial charge in [0.05, 0.1) is 6.26 Å². The van der Waals surface area contributed by atoms with Gasteiger partial charge in [0.15, 0.2) is 0 Å². The Morgan fingerprint density at radius 1 is 1.13 bits per heavy atom. The van der Waals surface area contributed by atoms with E-state index in [0.29, 0.717) is 6.04 Å². The number of piperidine rings is 1. The number of likely N-dealkylation sites (tertiary alicyclic amines) is 1. The Hall–Kier alpha value is -2.01. The van der Waals surface area contributed by atoms with Crippen LogP contribution in [0.4, 0.5) is 4.79 Å². The van der Waals surface area contributed by atoms with Crippen molar-refractivity contribution in [2.45, 2.75) is 89.8 Å². The van der Waals surface area contributed by atoms with Gasteiger partial charge in [-0.05, 0) is 102 Å². The Labute approximate surface area is 186 Å². The Morgan fingerprint density at radius 2 is 1.94 bits per heavy atom. The topological polar surface area (TPSA) is 54.7 Å². The van der Waals surface area contributed by atoms with Crippen molar-refractivity contribution in [3.05, 3.63) is 36.1 Å². The molecule has 1 N–H and O–H groups in total. The van der Waals surface area contributed by atoms with Crippen LogP contribution in [0.3, 0.4) is 0 Å². The fourth-order valence-electron chi connectivity index (χ4n) is 5.33. The average molecular weight is 427 g/mol. The molecule has 170 valence electrons. The highest BCUT2D eigenvalue weighted by atomic mass is 16.6. The predicted octanol–water partition coefficient (Wildman–Crippen LogP) is 6.39. The van der Waals surface area contributed by atoms with Gasteiger partial charge >= 0.3 is 6.09 Å². The molecular weight excluding hydrogens is 388 g/mol. The number of nitrogens with one attached hydrogen (secondary N) is 1. The van der Waals surface area contributed by atoms with E-state index in [1.807, 2.05) is 27.0 Å². The van der Waals surface area contributed by atoms with E-state index in [1.165, 1.54) is 56.2 Å². The van der Waals surface area contributed by atoms with Crippen LogP contribution in [0.2, 0.25) is 0 Å². The lowest BCUT2D eigenvalue weighted by molar-refractivity contribution is 0.0484. The number of ether oxygens (including phenoxy) is 1. The van der Waals surface area contributed by atoms with Crippen molar-refractivity contribution in [3.63, 3.8) is 0 Å². The second kappa shape index (κ2) is 9.64. The van der Waals surface area contributed by atoms with Crippen LogP contribution in [0, 0.1) is 5.92 Å².